The first kappa shape index (κ1) is 21.4. The quantitative estimate of drug-likeness (QED) is 0.395. The standard InChI is InChI=1S/C20H21ClN2O5/c1-3-13(2)19(14-7-5-4-6-8-14)20(25)28-12-18(24)22-17-10-9-15(23(26)27)11-16(17)21/h4-11,13,19H,3,12H2,1-2H3,(H,22,24). The molecule has 7 nitrogen and oxygen atoms in total. The molecule has 0 aliphatic rings. The van der Waals surface area contributed by atoms with E-state index >= 15 is 0 Å². The third-order valence-electron chi connectivity index (χ3n) is 4.41. The molecule has 0 aliphatic carbocycles. The number of nitrogens with one attached hydrogen (secondary N) is 1. The fourth-order valence-corrected chi connectivity index (χ4v) is 2.95. The number of benzene rings is 2. The van der Waals surface area contributed by atoms with Crippen LogP contribution in [0.3, 0.4) is 0 Å². The summed E-state index contributed by atoms with van der Waals surface area (Å²) in [6, 6.07) is 13.0. The molecule has 0 saturated heterocycles. The molecule has 28 heavy (non-hydrogen) atoms. The van der Waals surface area contributed by atoms with Crippen molar-refractivity contribution in [2.45, 2.75) is 26.2 Å². The average Bonchev–Trinajstić information content (AvgIpc) is 2.68. The zero-order valence-electron chi connectivity index (χ0n) is 15.6. The third-order valence-corrected chi connectivity index (χ3v) is 4.72. The van der Waals surface area contributed by atoms with E-state index in [4.69, 9.17) is 16.3 Å². The maximum absolute atomic E-state index is 12.6. The summed E-state index contributed by atoms with van der Waals surface area (Å²) < 4.78 is 5.22. The number of carbonyl (C=O) groups is 2. The van der Waals surface area contributed by atoms with E-state index in [0.29, 0.717) is 0 Å². The number of hydrogen-bond acceptors (Lipinski definition) is 5. The summed E-state index contributed by atoms with van der Waals surface area (Å²) in [5, 5.41) is 13.2. The van der Waals surface area contributed by atoms with E-state index in [1.807, 2.05) is 44.2 Å². The number of ether oxygens (including phenoxy) is 1. The molecule has 0 saturated carbocycles. The van der Waals surface area contributed by atoms with Crippen molar-refractivity contribution in [1.82, 2.24) is 0 Å². The highest BCUT2D eigenvalue weighted by Crippen LogP contribution is 2.29. The van der Waals surface area contributed by atoms with Gasteiger partial charge in [0.15, 0.2) is 6.61 Å². The highest BCUT2D eigenvalue weighted by Gasteiger charge is 2.27. The minimum absolute atomic E-state index is 0.0237. The SMILES string of the molecule is CCC(C)C(C(=O)OCC(=O)Nc1ccc([N+](=O)[O-])cc1Cl)c1ccccc1. The first-order valence-electron chi connectivity index (χ1n) is 8.78. The van der Waals surface area contributed by atoms with Crippen molar-refractivity contribution in [3.8, 4) is 0 Å². The molecule has 0 aromatic heterocycles. The van der Waals surface area contributed by atoms with Gasteiger partial charge in [-0.3, -0.25) is 19.7 Å². The Kier molecular flexibility index (Phi) is 7.52. The van der Waals surface area contributed by atoms with Gasteiger partial charge in [-0.1, -0.05) is 62.2 Å². The molecular weight excluding hydrogens is 384 g/mol. The topological polar surface area (TPSA) is 98.5 Å². The average molecular weight is 405 g/mol. The molecule has 2 aromatic rings. The van der Waals surface area contributed by atoms with Gasteiger partial charge in [0.25, 0.3) is 11.6 Å². The number of hydrogen-bond donors (Lipinski definition) is 1. The Bertz CT molecular complexity index is 857. The maximum Gasteiger partial charge on any atom is 0.314 e. The summed E-state index contributed by atoms with van der Waals surface area (Å²) >= 11 is 5.94. The lowest BCUT2D eigenvalue weighted by Crippen LogP contribution is -2.27. The second-order valence-corrected chi connectivity index (χ2v) is 6.76. The number of amides is 1. The Balaban J connectivity index is 2.01. The molecule has 0 radical (unpaired) electrons. The number of esters is 1. The zero-order valence-corrected chi connectivity index (χ0v) is 16.3. The number of halogens is 1. The van der Waals surface area contributed by atoms with Crippen LogP contribution in [0, 0.1) is 16.0 Å². The van der Waals surface area contributed by atoms with Crippen LogP contribution < -0.4 is 5.32 Å². The van der Waals surface area contributed by atoms with Crippen molar-refractivity contribution in [1.29, 1.82) is 0 Å². The van der Waals surface area contributed by atoms with Crippen LogP contribution in [0.4, 0.5) is 11.4 Å². The van der Waals surface area contributed by atoms with Gasteiger partial charge in [-0.2, -0.15) is 0 Å². The summed E-state index contributed by atoms with van der Waals surface area (Å²) in [5.74, 6) is -1.49. The fraction of sp³-hybridized carbons (Fsp3) is 0.300. The van der Waals surface area contributed by atoms with Crippen LogP contribution in [0.5, 0.6) is 0 Å². The maximum atomic E-state index is 12.6. The first-order chi connectivity index (χ1) is 13.3. The van der Waals surface area contributed by atoms with Gasteiger partial charge in [0, 0.05) is 12.1 Å². The largest absolute Gasteiger partial charge is 0.455 e. The fourth-order valence-electron chi connectivity index (χ4n) is 2.72. The Morgan fingerprint density at radius 2 is 1.89 bits per heavy atom. The van der Waals surface area contributed by atoms with Crippen LogP contribution >= 0.6 is 11.6 Å². The van der Waals surface area contributed by atoms with Crippen molar-refractivity contribution in [2.75, 3.05) is 11.9 Å². The summed E-state index contributed by atoms with van der Waals surface area (Å²) in [6.45, 7) is 3.46. The van der Waals surface area contributed by atoms with Crippen LogP contribution in [-0.4, -0.2) is 23.4 Å². The summed E-state index contributed by atoms with van der Waals surface area (Å²) in [5.41, 5.74) is 0.851. The van der Waals surface area contributed by atoms with E-state index in [1.54, 1.807) is 0 Å². The Morgan fingerprint density at radius 1 is 1.21 bits per heavy atom. The highest BCUT2D eigenvalue weighted by atomic mass is 35.5. The second-order valence-electron chi connectivity index (χ2n) is 6.35. The molecule has 0 bridgehead atoms. The lowest BCUT2D eigenvalue weighted by molar-refractivity contribution is -0.384. The van der Waals surface area contributed by atoms with Gasteiger partial charge >= 0.3 is 5.97 Å². The molecule has 8 heteroatoms. The van der Waals surface area contributed by atoms with Gasteiger partial charge in [-0.25, -0.2) is 0 Å². The Labute approximate surface area is 167 Å². The number of nitro benzene ring substituents is 1. The van der Waals surface area contributed by atoms with Crippen LogP contribution in [-0.2, 0) is 14.3 Å². The lowest BCUT2D eigenvalue weighted by atomic mass is 9.86. The number of nitro groups is 1. The molecule has 1 N–H and O–H groups in total. The number of carbonyl (C=O) groups excluding carboxylic acids is 2. The molecule has 0 fully saturated rings. The molecule has 1 amide bonds. The van der Waals surface area contributed by atoms with E-state index in [-0.39, 0.29) is 22.3 Å². The molecule has 0 aliphatic heterocycles. The van der Waals surface area contributed by atoms with Crippen molar-refractivity contribution >= 4 is 34.9 Å². The van der Waals surface area contributed by atoms with Gasteiger partial charge < -0.3 is 10.1 Å². The van der Waals surface area contributed by atoms with Crippen molar-refractivity contribution < 1.29 is 19.2 Å². The monoisotopic (exact) mass is 404 g/mol. The van der Waals surface area contributed by atoms with E-state index in [1.165, 1.54) is 12.1 Å². The predicted octanol–water partition coefficient (Wildman–Crippen LogP) is 4.56. The van der Waals surface area contributed by atoms with Gasteiger partial charge in [-0.05, 0) is 17.5 Å². The van der Waals surface area contributed by atoms with Crippen LogP contribution in [0.25, 0.3) is 0 Å². The number of nitrogens with zero attached hydrogens (tertiary/aromatic N) is 1. The Hall–Kier alpha value is -2.93. The van der Waals surface area contributed by atoms with E-state index < -0.39 is 29.3 Å². The molecule has 2 aromatic carbocycles. The van der Waals surface area contributed by atoms with E-state index in [9.17, 15) is 19.7 Å². The Morgan fingerprint density at radius 3 is 2.46 bits per heavy atom. The van der Waals surface area contributed by atoms with Gasteiger partial charge in [0.1, 0.15) is 0 Å². The third kappa shape index (κ3) is 5.53. The van der Waals surface area contributed by atoms with E-state index in [2.05, 4.69) is 5.32 Å². The van der Waals surface area contributed by atoms with Crippen molar-refractivity contribution in [2.24, 2.45) is 5.92 Å². The number of anilines is 1. The first-order valence-corrected chi connectivity index (χ1v) is 9.16. The lowest BCUT2D eigenvalue weighted by Gasteiger charge is -2.21. The summed E-state index contributed by atoms with van der Waals surface area (Å²) in [6.07, 6.45) is 0.777. The predicted molar refractivity (Wildman–Crippen MR) is 106 cm³/mol. The van der Waals surface area contributed by atoms with Crippen molar-refractivity contribution in [3.05, 3.63) is 69.2 Å². The normalized spacial score (nSPS) is 12.7. The minimum atomic E-state index is -0.585. The molecule has 2 rings (SSSR count). The molecule has 2 unspecified atom stereocenters. The second kappa shape index (κ2) is 9.85. The van der Waals surface area contributed by atoms with Gasteiger partial charge in [0.05, 0.1) is 21.6 Å². The van der Waals surface area contributed by atoms with Gasteiger partial charge in [0.2, 0.25) is 0 Å². The van der Waals surface area contributed by atoms with Crippen LogP contribution in [0.15, 0.2) is 48.5 Å². The van der Waals surface area contributed by atoms with E-state index in [0.717, 1.165) is 18.1 Å². The van der Waals surface area contributed by atoms with Gasteiger partial charge in [-0.15, -0.1) is 0 Å². The molecular formula is C20H21ClN2O5. The molecule has 0 heterocycles. The highest BCUT2D eigenvalue weighted by molar-refractivity contribution is 6.34. The minimum Gasteiger partial charge on any atom is -0.455 e. The smallest absolute Gasteiger partial charge is 0.314 e. The zero-order chi connectivity index (χ0) is 20.7. The number of non-ortho nitro benzene ring substituents is 1. The molecule has 148 valence electrons. The summed E-state index contributed by atoms with van der Waals surface area (Å²) in [7, 11) is 0. The molecule has 0 spiro atoms. The van der Waals surface area contributed by atoms with Crippen LogP contribution in [0.2, 0.25) is 5.02 Å². The number of rotatable bonds is 8. The van der Waals surface area contributed by atoms with Crippen LogP contribution in [0.1, 0.15) is 31.7 Å². The molecule has 2 atom stereocenters. The summed E-state index contributed by atoms with van der Waals surface area (Å²) in [4.78, 5) is 34.8. The van der Waals surface area contributed by atoms with Crippen molar-refractivity contribution in [3.63, 3.8) is 0 Å².